The first-order valence-electron chi connectivity index (χ1n) is 14.3. The van der Waals surface area contributed by atoms with Gasteiger partial charge in [-0.3, -0.25) is 24.0 Å². The standard InChI is InChI=1S/5C8H8O.5CH4/c5*1-7(9)8-5-3-2-4-6-8;;;;;/h5*2-6H,1H3;5*1H4. The molecule has 0 heterocycles. The summed E-state index contributed by atoms with van der Waals surface area (Å²) < 4.78 is 0. The minimum Gasteiger partial charge on any atom is -0.295 e. The first-order chi connectivity index (χ1) is 21.5. The second kappa shape index (κ2) is 32.0. The molecule has 5 heteroatoms. The molecule has 0 N–H and O–H groups in total. The summed E-state index contributed by atoms with van der Waals surface area (Å²) in [5, 5.41) is 0. The van der Waals surface area contributed by atoms with Crippen LogP contribution in [0.25, 0.3) is 0 Å². The summed E-state index contributed by atoms with van der Waals surface area (Å²) in [6.45, 7) is 7.82. The number of carbonyl (C=O) groups excluding carboxylic acids is 5. The van der Waals surface area contributed by atoms with Gasteiger partial charge in [0.15, 0.2) is 28.9 Å². The summed E-state index contributed by atoms with van der Waals surface area (Å²) in [7, 11) is 0. The summed E-state index contributed by atoms with van der Waals surface area (Å²) in [6.07, 6.45) is 0. The topological polar surface area (TPSA) is 85.3 Å². The molecule has 0 aromatic heterocycles. The third kappa shape index (κ3) is 24.6. The lowest BCUT2D eigenvalue weighted by Crippen LogP contribution is -1.88. The van der Waals surface area contributed by atoms with Crippen molar-refractivity contribution in [3.8, 4) is 0 Å². The number of hydrogen-bond donors (Lipinski definition) is 0. The molecular weight excluding hydrogens is 620 g/mol. The van der Waals surface area contributed by atoms with Gasteiger partial charge in [0.25, 0.3) is 0 Å². The van der Waals surface area contributed by atoms with Gasteiger partial charge in [0, 0.05) is 27.8 Å². The normalized spacial score (nSPS) is 8.10. The Morgan fingerprint density at radius 3 is 0.400 bits per heavy atom. The van der Waals surface area contributed by atoms with Crippen molar-refractivity contribution in [2.45, 2.75) is 71.8 Å². The second-order valence-electron chi connectivity index (χ2n) is 9.61. The maximum Gasteiger partial charge on any atom is 0.159 e. The lowest BCUT2D eigenvalue weighted by molar-refractivity contribution is 0.100. The van der Waals surface area contributed by atoms with Crippen LogP contribution in [0, 0.1) is 0 Å². The average Bonchev–Trinajstić information content (AvgIpc) is 3.08. The molecule has 0 saturated carbocycles. The second-order valence-corrected chi connectivity index (χ2v) is 9.61. The predicted molar refractivity (Wildman–Crippen MR) is 216 cm³/mol. The van der Waals surface area contributed by atoms with E-state index in [-0.39, 0.29) is 66.0 Å². The zero-order chi connectivity index (χ0) is 33.5. The number of rotatable bonds is 5. The Balaban J connectivity index is -0.000000165. The van der Waals surface area contributed by atoms with E-state index >= 15 is 0 Å². The summed E-state index contributed by atoms with van der Waals surface area (Å²) in [5.74, 6) is 0.605. The molecule has 0 spiro atoms. The number of ketones is 5. The Kier molecular flexibility index (Phi) is 34.5. The minimum atomic E-state index is 0. The Morgan fingerprint density at radius 2 is 0.340 bits per heavy atom. The fourth-order valence-electron chi connectivity index (χ4n) is 3.36. The molecule has 5 nitrogen and oxygen atoms in total. The molecular formula is C45H60O5. The van der Waals surface area contributed by atoms with Crippen molar-refractivity contribution in [1.29, 1.82) is 0 Å². The van der Waals surface area contributed by atoms with Gasteiger partial charge in [-0.2, -0.15) is 0 Å². The van der Waals surface area contributed by atoms with Crippen molar-refractivity contribution in [1.82, 2.24) is 0 Å². The highest BCUT2D eigenvalue weighted by atomic mass is 16.1. The third-order valence-corrected chi connectivity index (χ3v) is 5.90. The molecule has 0 saturated heterocycles. The molecule has 5 aromatic rings. The monoisotopic (exact) mass is 680 g/mol. The first-order valence-corrected chi connectivity index (χ1v) is 14.3. The van der Waals surface area contributed by atoms with Gasteiger partial charge < -0.3 is 0 Å². The van der Waals surface area contributed by atoms with E-state index in [2.05, 4.69) is 0 Å². The zero-order valence-corrected chi connectivity index (χ0v) is 26.5. The summed E-state index contributed by atoms with van der Waals surface area (Å²) in [6, 6.07) is 46.1. The van der Waals surface area contributed by atoms with Crippen LogP contribution in [0.1, 0.15) is 124 Å². The molecule has 0 atom stereocenters. The van der Waals surface area contributed by atoms with Crippen molar-refractivity contribution < 1.29 is 24.0 Å². The number of hydrogen-bond acceptors (Lipinski definition) is 5. The van der Waals surface area contributed by atoms with Crippen LogP contribution in [-0.4, -0.2) is 28.9 Å². The summed E-state index contributed by atoms with van der Waals surface area (Å²) in [5.41, 5.74) is 3.88. The smallest absolute Gasteiger partial charge is 0.159 e. The van der Waals surface area contributed by atoms with E-state index in [4.69, 9.17) is 0 Å². The van der Waals surface area contributed by atoms with Crippen LogP contribution in [0.3, 0.4) is 0 Å². The zero-order valence-electron chi connectivity index (χ0n) is 26.5. The van der Waals surface area contributed by atoms with E-state index in [1.54, 1.807) is 34.6 Å². The largest absolute Gasteiger partial charge is 0.295 e. The van der Waals surface area contributed by atoms with Gasteiger partial charge in [-0.1, -0.05) is 189 Å². The molecule has 5 rings (SSSR count). The molecule has 0 aliphatic carbocycles. The summed E-state index contributed by atoms with van der Waals surface area (Å²) >= 11 is 0. The molecule has 0 aliphatic heterocycles. The van der Waals surface area contributed by atoms with Gasteiger partial charge in [0.1, 0.15) is 0 Å². The number of Topliss-reactive ketones (excluding diaryl/α,β-unsaturated/α-hetero) is 5. The van der Waals surface area contributed by atoms with Gasteiger partial charge in [0.2, 0.25) is 0 Å². The third-order valence-electron chi connectivity index (χ3n) is 5.90. The van der Waals surface area contributed by atoms with Crippen molar-refractivity contribution in [2.24, 2.45) is 0 Å². The average molecular weight is 681 g/mol. The SMILES string of the molecule is C.C.C.C.C.CC(=O)c1ccccc1.CC(=O)c1ccccc1.CC(=O)c1ccccc1.CC(=O)c1ccccc1.CC(=O)c1ccccc1. The van der Waals surface area contributed by atoms with Gasteiger partial charge in [0.05, 0.1) is 0 Å². The van der Waals surface area contributed by atoms with Crippen molar-refractivity contribution in [3.63, 3.8) is 0 Å². The fraction of sp³-hybridized carbons (Fsp3) is 0.222. The highest BCUT2D eigenvalue weighted by Crippen LogP contribution is 2.00. The molecule has 0 radical (unpaired) electrons. The first kappa shape index (κ1) is 53.9. The highest BCUT2D eigenvalue weighted by molar-refractivity contribution is 5.95. The van der Waals surface area contributed by atoms with E-state index < -0.39 is 0 Å². The van der Waals surface area contributed by atoms with Crippen LogP contribution in [0.15, 0.2) is 152 Å². The maximum absolute atomic E-state index is 10.6. The highest BCUT2D eigenvalue weighted by Gasteiger charge is 1.95. The molecule has 50 heavy (non-hydrogen) atoms. The molecule has 270 valence electrons. The Hall–Kier alpha value is -5.55. The molecule has 5 aromatic carbocycles. The van der Waals surface area contributed by atoms with Crippen LogP contribution >= 0.6 is 0 Å². The van der Waals surface area contributed by atoms with Gasteiger partial charge >= 0.3 is 0 Å². The van der Waals surface area contributed by atoms with E-state index in [1.165, 1.54) is 0 Å². The van der Waals surface area contributed by atoms with E-state index in [0.717, 1.165) is 27.8 Å². The minimum absolute atomic E-state index is 0. The number of carbonyl (C=O) groups is 5. The van der Waals surface area contributed by atoms with Gasteiger partial charge in [-0.25, -0.2) is 0 Å². The molecule has 0 unspecified atom stereocenters. The molecule has 0 fully saturated rings. The van der Waals surface area contributed by atoms with Crippen molar-refractivity contribution in [3.05, 3.63) is 179 Å². The lowest BCUT2D eigenvalue weighted by atomic mass is 10.2. The Bertz CT molecular complexity index is 1290. The quantitative estimate of drug-likeness (QED) is 0.172. The van der Waals surface area contributed by atoms with Crippen LogP contribution in [0.5, 0.6) is 0 Å². The number of benzene rings is 5. The van der Waals surface area contributed by atoms with Crippen molar-refractivity contribution in [2.75, 3.05) is 0 Å². The van der Waals surface area contributed by atoms with Crippen LogP contribution in [0.2, 0.25) is 0 Å². The van der Waals surface area contributed by atoms with E-state index in [0.29, 0.717) is 0 Å². The van der Waals surface area contributed by atoms with Gasteiger partial charge in [-0.05, 0) is 34.6 Å². The van der Waals surface area contributed by atoms with Gasteiger partial charge in [-0.15, -0.1) is 0 Å². The van der Waals surface area contributed by atoms with Crippen LogP contribution in [-0.2, 0) is 0 Å². The Morgan fingerprint density at radius 1 is 0.240 bits per heavy atom. The summed E-state index contributed by atoms with van der Waals surface area (Å²) in [4.78, 5) is 53.2. The van der Waals surface area contributed by atoms with Crippen LogP contribution in [0.4, 0.5) is 0 Å². The predicted octanol–water partition coefficient (Wildman–Crippen LogP) is 12.6. The molecule has 0 amide bonds. The van der Waals surface area contributed by atoms with Crippen LogP contribution < -0.4 is 0 Å². The van der Waals surface area contributed by atoms with E-state index in [9.17, 15) is 24.0 Å². The molecule has 0 bridgehead atoms. The Labute approximate surface area is 303 Å². The van der Waals surface area contributed by atoms with Crippen molar-refractivity contribution >= 4 is 28.9 Å². The maximum atomic E-state index is 10.6. The molecule has 0 aliphatic rings. The fourth-order valence-corrected chi connectivity index (χ4v) is 3.36. The lowest BCUT2D eigenvalue weighted by Gasteiger charge is -1.89. The van der Waals surface area contributed by atoms with E-state index in [1.807, 2.05) is 152 Å².